The molecule has 5 nitrogen and oxygen atoms in total. The van der Waals surface area contributed by atoms with Crippen LogP contribution in [-0.4, -0.2) is 17.6 Å². The van der Waals surface area contributed by atoms with E-state index in [2.05, 4.69) is 10.6 Å². The van der Waals surface area contributed by atoms with E-state index in [0.717, 1.165) is 0 Å². The first-order valence-electron chi connectivity index (χ1n) is 8.52. The molecule has 0 fully saturated rings. The average molecular weight is 393 g/mol. The van der Waals surface area contributed by atoms with Gasteiger partial charge in [-0.15, -0.1) is 0 Å². The average Bonchev–Trinajstić information content (AvgIpc) is 2.68. The zero-order valence-electron chi connectivity index (χ0n) is 15.0. The fourth-order valence-corrected chi connectivity index (χ4v) is 2.84. The Hall–Kier alpha value is -3.44. The van der Waals surface area contributed by atoms with Gasteiger partial charge < -0.3 is 10.6 Å². The molecule has 0 heterocycles. The molecule has 0 aromatic heterocycles. The lowest BCUT2D eigenvalue weighted by Crippen LogP contribution is -2.17. The zero-order valence-corrected chi connectivity index (χ0v) is 15.8. The number of carbonyl (C=O) groups is 3. The van der Waals surface area contributed by atoms with Crippen molar-refractivity contribution >= 4 is 40.6 Å². The van der Waals surface area contributed by atoms with Gasteiger partial charge >= 0.3 is 0 Å². The Morgan fingerprint density at radius 2 is 1.36 bits per heavy atom. The normalized spacial score (nSPS) is 10.2. The number of rotatable bonds is 5. The molecule has 28 heavy (non-hydrogen) atoms. The summed E-state index contributed by atoms with van der Waals surface area (Å²) in [6, 6.07) is 19.9. The highest BCUT2D eigenvalue weighted by atomic mass is 35.5. The van der Waals surface area contributed by atoms with Crippen molar-refractivity contribution in [2.75, 3.05) is 10.6 Å². The molecule has 3 aromatic carbocycles. The van der Waals surface area contributed by atoms with E-state index in [0.29, 0.717) is 27.5 Å². The maximum Gasteiger partial charge on any atom is 0.256 e. The van der Waals surface area contributed by atoms with Gasteiger partial charge in [-0.1, -0.05) is 35.9 Å². The lowest BCUT2D eigenvalue weighted by atomic mass is 9.98. The standard InChI is InChI=1S/C22H17ClN2O3/c1-14(26)24-17-5-4-6-18(13-17)25-22(28)20-8-3-2-7-19(20)21(27)15-9-11-16(23)12-10-15/h2-13H,1H3,(H,24,26)(H,25,28). The zero-order chi connectivity index (χ0) is 20.1. The number of nitrogens with one attached hydrogen (secondary N) is 2. The van der Waals surface area contributed by atoms with Gasteiger partial charge in [-0.3, -0.25) is 14.4 Å². The van der Waals surface area contributed by atoms with E-state index in [4.69, 9.17) is 11.6 Å². The van der Waals surface area contributed by atoms with E-state index >= 15 is 0 Å². The number of carbonyl (C=O) groups excluding carboxylic acids is 3. The van der Waals surface area contributed by atoms with Crippen LogP contribution in [0.15, 0.2) is 72.8 Å². The summed E-state index contributed by atoms with van der Waals surface area (Å²) in [4.78, 5) is 36.8. The molecule has 0 saturated carbocycles. The van der Waals surface area contributed by atoms with Gasteiger partial charge in [0, 0.05) is 34.4 Å². The topological polar surface area (TPSA) is 75.3 Å². The first-order chi connectivity index (χ1) is 13.4. The van der Waals surface area contributed by atoms with Crippen molar-refractivity contribution in [1.29, 1.82) is 0 Å². The van der Waals surface area contributed by atoms with Crippen LogP contribution in [0.4, 0.5) is 11.4 Å². The molecule has 0 unspecified atom stereocenters. The molecule has 0 aliphatic heterocycles. The highest BCUT2D eigenvalue weighted by Gasteiger charge is 2.18. The second-order valence-electron chi connectivity index (χ2n) is 6.10. The Bertz CT molecular complexity index is 1050. The summed E-state index contributed by atoms with van der Waals surface area (Å²) in [6.45, 7) is 1.41. The van der Waals surface area contributed by atoms with Crippen molar-refractivity contribution in [3.63, 3.8) is 0 Å². The van der Waals surface area contributed by atoms with Crippen LogP contribution >= 0.6 is 11.6 Å². The van der Waals surface area contributed by atoms with E-state index < -0.39 is 5.91 Å². The number of hydrogen-bond acceptors (Lipinski definition) is 3. The summed E-state index contributed by atoms with van der Waals surface area (Å²) in [5.74, 6) is -0.894. The van der Waals surface area contributed by atoms with Crippen LogP contribution in [0.1, 0.15) is 33.2 Å². The molecule has 0 atom stereocenters. The first kappa shape index (κ1) is 19.3. The molecule has 0 saturated heterocycles. The number of amides is 2. The van der Waals surface area contributed by atoms with Crippen LogP contribution in [0, 0.1) is 0 Å². The molecule has 3 aromatic rings. The molecule has 140 valence electrons. The highest BCUT2D eigenvalue weighted by Crippen LogP contribution is 2.20. The van der Waals surface area contributed by atoms with Crippen molar-refractivity contribution in [2.24, 2.45) is 0 Å². The van der Waals surface area contributed by atoms with Gasteiger partial charge in [0.25, 0.3) is 5.91 Å². The summed E-state index contributed by atoms with van der Waals surface area (Å²) in [6.07, 6.45) is 0. The van der Waals surface area contributed by atoms with Gasteiger partial charge in [-0.2, -0.15) is 0 Å². The minimum Gasteiger partial charge on any atom is -0.326 e. The number of benzene rings is 3. The second kappa shape index (κ2) is 8.50. The minimum absolute atomic E-state index is 0.206. The largest absolute Gasteiger partial charge is 0.326 e. The van der Waals surface area contributed by atoms with Crippen LogP contribution in [0.3, 0.4) is 0 Å². The summed E-state index contributed by atoms with van der Waals surface area (Å²) in [5.41, 5.74) is 2.06. The fourth-order valence-electron chi connectivity index (χ4n) is 2.71. The lowest BCUT2D eigenvalue weighted by Gasteiger charge is -2.11. The van der Waals surface area contributed by atoms with Gasteiger partial charge in [0.15, 0.2) is 5.78 Å². The molecule has 0 bridgehead atoms. The Kier molecular flexibility index (Phi) is 5.87. The quantitative estimate of drug-likeness (QED) is 0.613. The van der Waals surface area contributed by atoms with E-state index in [1.165, 1.54) is 6.92 Å². The molecule has 0 aliphatic carbocycles. The Morgan fingerprint density at radius 1 is 0.750 bits per heavy atom. The summed E-state index contributed by atoms with van der Waals surface area (Å²) < 4.78 is 0. The lowest BCUT2D eigenvalue weighted by molar-refractivity contribution is -0.114. The third-order valence-corrected chi connectivity index (χ3v) is 4.22. The minimum atomic E-state index is -0.419. The fraction of sp³-hybridized carbons (Fsp3) is 0.0455. The third kappa shape index (κ3) is 4.64. The smallest absolute Gasteiger partial charge is 0.256 e. The van der Waals surface area contributed by atoms with Crippen LogP contribution in [0.25, 0.3) is 0 Å². The number of hydrogen-bond donors (Lipinski definition) is 2. The Morgan fingerprint density at radius 3 is 2.00 bits per heavy atom. The third-order valence-electron chi connectivity index (χ3n) is 3.96. The van der Waals surface area contributed by atoms with Crippen molar-refractivity contribution in [2.45, 2.75) is 6.92 Å². The van der Waals surface area contributed by atoms with Crippen molar-refractivity contribution < 1.29 is 14.4 Å². The van der Waals surface area contributed by atoms with E-state index in [9.17, 15) is 14.4 Å². The maximum atomic E-state index is 12.8. The van der Waals surface area contributed by atoms with Gasteiger partial charge in [-0.25, -0.2) is 0 Å². The summed E-state index contributed by atoms with van der Waals surface area (Å²) in [5, 5.41) is 5.95. The predicted molar refractivity (Wildman–Crippen MR) is 110 cm³/mol. The van der Waals surface area contributed by atoms with E-state index in [1.54, 1.807) is 72.8 Å². The van der Waals surface area contributed by atoms with Crippen LogP contribution in [0.5, 0.6) is 0 Å². The van der Waals surface area contributed by atoms with Crippen molar-refractivity contribution in [1.82, 2.24) is 0 Å². The second-order valence-corrected chi connectivity index (χ2v) is 6.53. The van der Waals surface area contributed by atoms with Gasteiger partial charge in [0.2, 0.25) is 5.91 Å². The van der Waals surface area contributed by atoms with Crippen LogP contribution < -0.4 is 10.6 Å². The molecule has 2 N–H and O–H groups in total. The molecule has 0 spiro atoms. The molecular formula is C22H17ClN2O3. The molecule has 0 aliphatic rings. The summed E-state index contributed by atoms with van der Waals surface area (Å²) in [7, 11) is 0. The Balaban J connectivity index is 1.86. The molecule has 3 rings (SSSR count). The maximum absolute atomic E-state index is 12.8. The molecule has 0 radical (unpaired) electrons. The molecule has 6 heteroatoms. The predicted octanol–water partition coefficient (Wildman–Crippen LogP) is 4.78. The Labute approximate surface area is 167 Å². The van der Waals surface area contributed by atoms with Gasteiger partial charge in [-0.05, 0) is 48.5 Å². The number of halogens is 1. The first-order valence-corrected chi connectivity index (χ1v) is 8.90. The number of anilines is 2. The molecule has 2 amide bonds. The van der Waals surface area contributed by atoms with Crippen LogP contribution in [-0.2, 0) is 4.79 Å². The highest BCUT2D eigenvalue weighted by molar-refractivity contribution is 6.30. The van der Waals surface area contributed by atoms with Gasteiger partial charge in [0.1, 0.15) is 0 Å². The van der Waals surface area contributed by atoms with Gasteiger partial charge in [0.05, 0.1) is 5.56 Å². The van der Waals surface area contributed by atoms with Crippen LogP contribution in [0.2, 0.25) is 5.02 Å². The SMILES string of the molecule is CC(=O)Nc1cccc(NC(=O)c2ccccc2C(=O)c2ccc(Cl)cc2)c1. The number of ketones is 1. The van der Waals surface area contributed by atoms with E-state index in [1.807, 2.05) is 0 Å². The molecular weight excluding hydrogens is 376 g/mol. The monoisotopic (exact) mass is 392 g/mol. The van der Waals surface area contributed by atoms with Crippen molar-refractivity contribution in [3.8, 4) is 0 Å². The van der Waals surface area contributed by atoms with Crippen molar-refractivity contribution in [3.05, 3.63) is 94.5 Å². The summed E-state index contributed by atoms with van der Waals surface area (Å²) >= 11 is 5.88. The van der Waals surface area contributed by atoms with E-state index in [-0.39, 0.29) is 17.3 Å².